The lowest BCUT2D eigenvalue weighted by molar-refractivity contribution is -0.384. The molecule has 6 rings (SSSR count). The molecule has 1 aliphatic rings. The van der Waals surface area contributed by atoms with Gasteiger partial charge in [-0.05, 0) is 66.6 Å². The molecule has 0 spiro atoms. The average Bonchev–Trinajstić information content (AvgIpc) is 3.14. The number of non-ortho nitro benzene ring substituents is 1. The Kier molecular flexibility index (Phi) is 10.7. The van der Waals surface area contributed by atoms with Gasteiger partial charge in [-0.15, -0.1) is 0 Å². The highest BCUT2D eigenvalue weighted by Crippen LogP contribution is 2.25. The number of amides is 1. The van der Waals surface area contributed by atoms with E-state index in [4.69, 9.17) is 9.72 Å². The van der Waals surface area contributed by atoms with Crippen molar-refractivity contribution >= 4 is 42.4 Å². The average molecular weight is 761 g/mol. The van der Waals surface area contributed by atoms with E-state index in [0.717, 1.165) is 24.0 Å². The van der Waals surface area contributed by atoms with Crippen LogP contribution in [0, 0.1) is 10.1 Å². The highest BCUT2D eigenvalue weighted by Gasteiger charge is 2.31. The predicted octanol–water partition coefficient (Wildman–Crippen LogP) is 3.11. The molecule has 1 aliphatic heterocycles. The molecule has 276 valence electrons. The number of methoxy groups -OCH3 is 1. The number of nitro benzene ring substituents is 1. The maximum absolute atomic E-state index is 14.2. The third kappa shape index (κ3) is 8.28. The van der Waals surface area contributed by atoms with Crippen LogP contribution in [0.25, 0.3) is 16.6 Å². The first-order valence-electron chi connectivity index (χ1n) is 16.5. The van der Waals surface area contributed by atoms with E-state index in [9.17, 15) is 36.5 Å². The van der Waals surface area contributed by atoms with Crippen LogP contribution in [0.2, 0.25) is 0 Å². The molecule has 1 fully saturated rings. The number of sulfonamides is 1. The van der Waals surface area contributed by atoms with E-state index in [-0.39, 0.29) is 71.4 Å². The van der Waals surface area contributed by atoms with Crippen LogP contribution in [0.1, 0.15) is 17.4 Å². The molecular formula is C36H36N6O9S2. The smallest absolute Gasteiger partial charge is 0.269 e. The second kappa shape index (κ2) is 15.2. The first-order valence-corrected chi connectivity index (χ1v) is 19.8. The molecule has 0 unspecified atom stereocenters. The zero-order valence-corrected chi connectivity index (χ0v) is 30.4. The van der Waals surface area contributed by atoms with Crippen molar-refractivity contribution in [3.63, 3.8) is 0 Å². The molecule has 0 saturated carbocycles. The van der Waals surface area contributed by atoms with Crippen molar-refractivity contribution in [2.24, 2.45) is 0 Å². The fraction of sp³-hybridized carbons (Fsp3) is 0.250. The Morgan fingerprint density at radius 3 is 2.15 bits per heavy atom. The van der Waals surface area contributed by atoms with Gasteiger partial charge in [-0.25, -0.2) is 21.8 Å². The van der Waals surface area contributed by atoms with Crippen molar-refractivity contribution in [1.29, 1.82) is 0 Å². The second-order valence-electron chi connectivity index (χ2n) is 12.5. The van der Waals surface area contributed by atoms with Gasteiger partial charge in [0, 0.05) is 44.6 Å². The molecule has 53 heavy (non-hydrogen) atoms. The Balaban J connectivity index is 1.30. The van der Waals surface area contributed by atoms with Crippen LogP contribution in [0.5, 0.6) is 5.75 Å². The number of sulfone groups is 1. The minimum Gasteiger partial charge on any atom is -0.497 e. The Hall–Kier alpha value is -5.49. The quantitative estimate of drug-likeness (QED) is 0.145. The van der Waals surface area contributed by atoms with Crippen LogP contribution in [0.4, 0.5) is 5.69 Å². The molecule has 1 atom stereocenters. The lowest BCUT2D eigenvalue weighted by atomic mass is 10.0. The van der Waals surface area contributed by atoms with Gasteiger partial charge in [-0.3, -0.25) is 29.2 Å². The molecule has 2 heterocycles. The normalized spacial score (nSPS) is 14.8. The van der Waals surface area contributed by atoms with E-state index >= 15 is 0 Å². The van der Waals surface area contributed by atoms with Crippen molar-refractivity contribution in [2.75, 3.05) is 46.1 Å². The van der Waals surface area contributed by atoms with E-state index in [2.05, 4.69) is 5.32 Å². The molecule has 1 amide bonds. The molecule has 1 saturated heterocycles. The first kappa shape index (κ1) is 37.3. The van der Waals surface area contributed by atoms with Gasteiger partial charge in [0.15, 0.2) is 9.84 Å². The summed E-state index contributed by atoms with van der Waals surface area (Å²) in [5.41, 5.74) is 0.751. The lowest BCUT2D eigenvalue weighted by Crippen LogP contribution is -2.51. The zero-order chi connectivity index (χ0) is 37.9. The van der Waals surface area contributed by atoms with E-state index < -0.39 is 42.3 Å². The number of fused-ring (bicyclic) bond motifs is 1. The van der Waals surface area contributed by atoms with Crippen molar-refractivity contribution < 1.29 is 31.3 Å². The van der Waals surface area contributed by atoms with Crippen LogP contribution < -0.4 is 15.6 Å². The van der Waals surface area contributed by atoms with Crippen LogP contribution in [0.15, 0.2) is 112 Å². The van der Waals surface area contributed by atoms with Gasteiger partial charge in [0.2, 0.25) is 15.9 Å². The summed E-state index contributed by atoms with van der Waals surface area (Å²) in [6, 6.07) is 24.0. The molecule has 1 N–H and O–H groups in total. The Morgan fingerprint density at radius 1 is 0.906 bits per heavy atom. The van der Waals surface area contributed by atoms with Gasteiger partial charge in [-0.1, -0.05) is 30.3 Å². The number of nitro groups is 1. The number of carbonyl (C=O) groups excluding carboxylic acids is 1. The second-order valence-corrected chi connectivity index (χ2v) is 16.5. The number of nitrogens with zero attached hydrogens (tertiary/aromatic N) is 5. The van der Waals surface area contributed by atoms with Crippen LogP contribution in [-0.4, -0.2) is 92.5 Å². The highest BCUT2D eigenvalue weighted by molar-refractivity contribution is 7.90. The highest BCUT2D eigenvalue weighted by atomic mass is 32.2. The van der Waals surface area contributed by atoms with Gasteiger partial charge in [0.1, 0.15) is 11.6 Å². The third-order valence-electron chi connectivity index (χ3n) is 8.94. The van der Waals surface area contributed by atoms with E-state index in [1.54, 1.807) is 29.2 Å². The number of hydrogen-bond donors (Lipinski definition) is 1. The minimum absolute atomic E-state index is 0.0107. The Morgan fingerprint density at radius 2 is 1.55 bits per heavy atom. The van der Waals surface area contributed by atoms with Crippen LogP contribution in [-0.2, 0) is 31.1 Å². The standard InChI is InChI=1S/C36H36N6O9S2/c1-51-28-12-8-26(9-13-28)41-35(38-32-23-30(52(2,47)48)16-17-31(32)36(41)44)33(22-25-6-4-3-5-7-25)37-34(43)24-39-18-20-40(21-19-39)53(49,50)29-14-10-27(11-15-29)42(45)46/h3-17,23,33H,18-22,24H2,1-2H3,(H,37,43)/t33-/m0/s1. The number of hydrogen-bond acceptors (Lipinski definition) is 11. The van der Waals surface area contributed by atoms with Gasteiger partial charge in [-0.2, -0.15) is 4.31 Å². The fourth-order valence-corrected chi connectivity index (χ4v) is 8.21. The largest absolute Gasteiger partial charge is 0.497 e. The molecule has 5 aromatic rings. The van der Waals surface area contributed by atoms with Gasteiger partial charge in [0.05, 0.1) is 51.0 Å². The summed E-state index contributed by atoms with van der Waals surface area (Å²) in [6.07, 6.45) is 1.30. The number of benzene rings is 4. The molecule has 15 nitrogen and oxygen atoms in total. The summed E-state index contributed by atoms with van der Waals surface area (Å²) in [5.74, 6) is 0.331. The van der Waals surface area contributed by atoms with E-state index in [0.29, 0.717) is 11.4 Å². The SMILES string of the molecule is COc1ccc(-n2c([C@H](Cc3ccccc3)NC(=O)CN3CCN(S(=O)(=O)c4ccc([N+](=O)[O-])cc4)CC3)nc3cc(S(C)(=O)=O)ccc3c2=O)cc1. The molecule has 0 bridgehead atoms. The lowest BCUT2D eigenvalue weighted by Gasteiger charge is -2.34. The first-order chi connectivity index (χ1) is 25.2. The van der Waals surface area contributed by atoms with Crippen molar-refractivity contribution in [1.82, 2.24) is 24.1 Å². The molecular weight excluding hydrogens is 725 g/mol. The fourth-order valence-electron chi connectivity index (χ4n) is 6.14. The molecule has 4 aromatic carbocycles. The van der Waals surface area contributed by atoms with Crippen molar-refractivity contribution in [3.05, 3.63) is 129 Å². The number of ether oxygens (including phenoxy) is 1. The van der Waals surface area contributed by atoms with Crippen LogP contribution >= 0.6 is 0 Å². The van der Waals surface area contributed by atoms with Gasteiger partial charge < -0.3 is 10.1 Å². The number of piperazine rings is 1. The monoisotopic (exact) mass is 760 g/mol. The Bertz CT molecular complexity index is 2430. The molecule has 17 heteroatoms. The summed E-state index contributed by atoms with van der Waals surface area (Å²) in [6.45, 7) is 0.567. The van der Waals surface area contributed by atoms with Gasteiger partial charge in [0.25, 0.3) is 11.2 Å². The predicted molar refractivity (Wildman–Crippen MR) is 196 cm³/mol. The maximum atomic E-state index is 14.2. The number of rotatable bonds is 12. The zero-order valence-electron chi connectivity index (χ0n) is 28.8. The molecule has 1 aromatic heterocycles. The summed E-state index contributed by atoms with van der Waals surface area (Å²) in [7, 11) is -6.03. The summed E-state index contributed by atoms with van der Waals surface area (Å²) in [5, 5.41) is 14.2. The molecule has 0 radical (unpaired) electrons. The van der Waals surface area contributed by atoms with Crippen molar-refractivity contribution in [2.45, 2.75) is 22.3 Å². The molecule has 0 aliphatic carbocycles. The topological polar surface area (TPSA) is 191 Å². The third-order valence-corrected chi connectivity index (χ3v) is 12.0. The number of nitrogens with one attached hydrogen (secondary N) is 1. The Labute approximate surface area is 305 Å². The van der Waals surface area contributed by atoms with E-state index in [1.807, 2.05) is 30.3 Å². The summed E-state index contributed by atoms with van der Waals surface area (Å²) in [4.78, 5) is 45.0. The van der Waals surface area contributed by atoms with Crippen molar-refractivity contribution in [3.8, 4) is 11.4 Å². The summed E-state index contributed by atoms with van der Waals surface area (Å²) >= 11 is 0. The maximum Gasteiger partial charge on any atom is 0.269 e. The van der Waals surface area contributed by atoms with Crippen LogP contribution in [0.3, 0.4) is 0 Å². The number of aromatic nitrogens is 2. The number of carbonyl (C=O) groups is 1. The van der Waals surface area contributed by atoms with Gasteiger partial charge >= 0.3 is 0 Å². The minimum atomic E-state index is -3.92. The summed E-state index contributed by atoms with van der Waals surface area (Å²) < 4.78 is 59.4. The van der Waals surface area contributed by atoms with E-state index in [1.165, 1.54) is 46.3 Å².